The number of rotatable bonds is 3. The lowest BCUT2D eigenvalue weighted by Crippen LogP contribution is -2.46. The van der Waals surface area contributed by atoms with Crippen molar-refractivity contribution in [3.63, 3.8) is 0 Å². The van der Waals surface area contributed by atoms with Gasteiger partial charge in [0.1, 0.15) is 12.6 Å². The van der Waals surface area contributed by atoms with E-state index in [-0.39, 0.29) is 18.1 Å². The first-order chi connectivity index (χ1) is 13.1. The number of nitrogens with zero attached hydrogens (tertiary/aromatic N) is 1. The Labute approximate surface area is 157 Å². The van der Waals surface area contributed by atoms with E-state index in [0.29, 0.717) is 6.42 Å². The highest BCUT2D eigenvalue weighted by molar-refractivity contribution is 5.82. The average Bonchev–Trinajstić information content (AvgIpc) is 3.23. The van der Waals surface area contributed by atoms with Gasteiger partial charge in [0.2, 0.25) is 0 Å². The minimum atomic E-state index is -0.938. The molecule has 2 fully saturated rings. The van der Waals surface area contributed by atoms with Gasteiger partial charge in [-0.2, -0.15) is 0 Å². The monoisotopic (exact) mass is 363 g/mol. The lowest BCUT2D eigenvalue weighted by molar-refractivity contribution is -0.142. The summed E-state index contributed by atoms with van der Waals surface area (Å²) < 4.78 is 5.70. The van der Waals surface area contributed by atoms with E-state index in [0.717, 1.165) is 30.4 Å². The molecule has 2 aromatic rings. The number of carbonyl (C=O) groups excluding carboxylic acids is 1. The Kier molecular flexibility index (Phi) is 3.54. The molecule has 1 unspecified atom stereocenters. The van der Waals surface area contributed by atoms with E-state index in [1.165, 1.54) is 16.0 Å². The summed E-state index contributed by atoms with van der Waals surface area (Å²) in [6.45, 7) is 0.228. The molecule has 1 N–H and O–H groups in total. The molecule has 2 aliphatic carbocycles. The second-order valence-electron chi connectivity index (χ2n) is 7.79. The third-order valence-electron chi connectivity index (χ3n) is 6.35. The molecule has 3 aliphatic rings. The van der Waals surface area contributed by atoms with Crippen molar-refractivity contribution in [2.45, 2.75) is 43.2 Å². The fourth-order valence-electron chi connectivity index (χ4n) is 4.84. The SMILES string of the molecule is O=C(O)C1CCC2(CC2)N1C(=O)OCC1c2ccccc2-c2ccccc21. The van der Waals surface area contributed by atoms with Crippen molar-refractivity contribution in [2.75, 3.05) is 6.61 Å². The highest BCUT2D eigenvalue weighted by atomic mass is 16.6. The van der Waals surface area contributed by atoms with Crippen molar-refractivity contribution in [1.82, 2.24) is 4.90 Å². The van der Waals surface area contributed by atoms with Gasteiger partial charge in [0.25, 0.3) is 0 Å². The maximum Gasteiger partial charge on any atom is 0.411 e. The van der Waals surface area contributed by atoms with Gasteiger partial charge in [0.05, 0.1) is 0 Å². The Balaban J connectivity index is 1.39. The van der Waals surface area contributed by atoms with Crippen molar-refractivity contribution in [1.29, 1.82) is 0 Å². The van der Waals surface area contributed by atoms with Gasteiger partial charge in [-0.15, -0.1) is 0 Å². The van der Waals surface area contributed by atoms with Crippen LogP contribution in [0.2, 0.25) is 0 Å². The Morgan fingerprint density at radius 3 is 2.15 bits per heavy atom. The number of aliphatic carboxylic acids is 1. The van der Waals surface area contributed by atoms with Crippen LogP contribution in [0, 0.1) is 0 Å². The third kappa shape index (κ3) is 2.45. The number of carboxylic acid groups (broad SMARTS) is 1. The molecule has 1 saturated carbocycles. The quantitative estimate of drug-likeness (QED) is 0.894. The molecule has 1 amide bonds. The largest absolute Gasteiger partial charge is 0.480 e. The first-order valence-corrected chi connectivity index (χ1v) is 9.48. The minimum absolute atomic E-state index is 0.0117. The zero-order valence-corrected chi connectivity index (χ0v) is 14.9. The van der Waals surface area contributed by atoms with Crippen molar-refractivity contribution in [3.8, 4) is 11.1 Å². The van der Waals surface area contributed by atoms with Crippen molar-refractivity contribution < 1.29 is 19.4 Å². The van der Waals surface area contributed by atoms with Crippen molar-refractivity contribution >= 4 is 12.1 Å². The smallest absolute Gasteiger partial charge is 0.411 e. The van der Waals surface area contributed by atoms with Crippen LogP contribution in [-0.4, -0.2) is 40.3 Å². The van der Waals surface area contributed by atoms with Crippen LogP contribution in [-0.2, 0) is 9.53 Å². The first-order valence-electron chi connectivity index (χ1n) is 9.48. The van der Waals surface area contributed by atoms with E-state index in [1.807, 2.05) is 24.3 Å². The van der Waals surface area contributed by atoms with E-state index >= 15 is 0 Å². The minimum Gasteiger partial charge on any atom is -0.480 e. The maximum absolute atomic E-state index is 12.8. The van der Waals surface area contributed by atoms with E-state index in [9.17, 15) is 14.7 Å². The van der Waals surface area contributed by atoms with Gasteiger partial charge < -0.3 is 9.84 Å². The summed E-state index contributed by atoms with van der Waals surface area (Å²) in [5.41, 5.74) is 4.40. The summed E-state index contributed by atoms with van der Waals surface area (Å²) in [6.07, 6.45) is 2.54. The maximum atomic E-state index is 12.8. The Hall–Kier alpha value is -2.82. The molecule has 1 saturated heterocycles. The summed E-state index contributed by atoms with van der Waals surface area (Å²) in [4.78, 5) is 25.9. The van der Waals surface area contributed by atoms with Gasteiger partial charge >= 0.3 is 12.1 Å². The van der Waals surface area contributed by atoms with Crippen LogP contribution < -0.4 is 0 Å². The molecule has 1 heterocycles. The number of hydrogen-bond donors (Lipinski definition) is 1. The van der Waals surface area contributed by atoms with Crippen LogP contribution in [0.4, 0.5) is 4.79 Å². The number of fused-ring (bicyclic) bond motifs is 3. The van der Waals surface area contributed by atoms with Crippen LogP contribution in [0.1, 0.15) is 42.7 Å². The lowest BCUT2D eigenvalue weighted by atomic mass is 9.98. The highest BCUT2D eigenvalue weighted by Crippen LogP contribution is 2.52. The van der Waals surface area contributed by atoms with Gasteiger partial charge in [0, 0.05) is 11.5 Å². The molecule has 27 heavy (non-hydrogen) atoms. The summed E-state index contributed by atoms with van der Waals surface area (Å²) >= 11 is 0. The molecule has 1 spiro atoms. The Morgan fingerprint density at radius 1 is 1.00 bits per heavy atom. The number of carbonyl (C=O) groups is 2. The normalized spacial score (nSPS) is 21.8. The number of benzene rings is 2. The number of hydrogen-bond acceptors (Lipinski definition) is 3. The van der Waals surface area contributed by atoms with E-state index in [1.54, 1.807) is 0 Å². The predicted octanol–water partition coefficient (Wildman–Crippen LogP) is 4.02. The van der Waals surface area contributed by atoms with E-state index < -0.39 is 18.1 Å². The molecule has 0 aromatic heterocycles. The third-order valence-corrected chi connectivity index (χ3v) is 6.35. The van der Waals surface area contributed by atoms with Gasteiger partial charge in [-0.25, -0.2) is 9.59 Å². The molecule has 138 valence electrons. The van der Waals surface area contributed by atoms with E-state index in [4.69, 9.17) is 4.74 Å². The molecule has 1 atom stereocenters. The van der Waals surface area contributed by atoms with Crippen LogP contribution in [0.5, 0.6) is 0 Å². The lowest BCUT2D eigenvalue weighted by Gasteiger charge is -2.28. The number of ether oxygens (including phenoxy) is 1. The zero-order chi connectivity index (χ0) is 18.6. The molecule has 0 bridgehead atoms. The molecule has 5 rings (SSSR count). The molecular formula is C22H21NO4. The van der Waals surface area contributed by atoms with Crippen LogP contribution in [0.15, 0.2) is 48.5 Å². The first kappa shape index (κ1) is 16.4. The molecule has 5 heteroatoms. The topological polar surface area (TPSA) is 66.8 Å². The number of amides is 1. The summed E-state index contributed by atoms with van der Waals surface area (Å²) in [5.74, 6) is -0.949. The van der Waals surface area contributed by atoms with Crippen LogP contribution >= 0.6 is 0 Å². The zero-order valence-electron chi connectivity index (χ0n) is 14.9. The van der Waals surface area contributed by atoms with Crippen molar-refractivity contribution in [2.24, 2.45) is 0 Å². The van der Waals surface area contributed by atoms with Gasteiger partial charge in [0.15, 0.2) is 0 Å². The van der Waals surface area contributed by atoms with Gasteiger partial charge in [-0.1, -0.05) is 48.5 Å². The standard InChI is InChI=1S/C22H21NO4/c24-20(25)19-9-10-22(11-12-22)23(19)21(26)27-13-18-16-7-3-1-5-14(16)15-6-2-4-8-17(15)18/h1-8,18-19H,9-13H2,(H,24,25). The fourth-order valence-corrected chi connectivity index (χ4v) is 4.84. The number of likely N-dealkylation sites (tertiary alicyclic amines) is 1. The molecule has 5 nitrogen and oxygen atoms in total. The summed E-state index contributed by atoms with van der Waals surface area (Å²) in [6, 6.07) is 15.6. The van der Waals surface area contributed by atoms with Gasteiger partial charge in [-0.05, 0) is 47.9 Å². The fraction of sp³-hybridized carbons (Fsp3) is 0.364. The van der Waals surface area contributed by atoms with Gasteiger partial charge in [-0.3, -0.25) is 4.90 Å². The number of carboxylic acids is 1. The predicted molar refractivity (Wildman–Crippen MR) is 99.5 cm³/mol. The highest BCUT2D eigenvalue weighted by Gasteiger charge is 2.59. The van der Waals surface area contributed by atoms with Crippen LogP contribution in [0.3, 0.4) is 0 Å². The van der Waals surface area contributed by atoms with Crippen molar-refractivity contribution in [3.05, 3.63) is 59.7 Å². The molecule has 1 aliphatic heterocycles. The summed E-state index contributed by atoms with van der Waals surface area (Å²) in [7, 11) is 0. The molecule has 2 aromatic carbocycles. The molecule has 0 radical (unpaired) electrons. The second-order valence-corrected chi connectivity index (χ2v) is 7.79. The van der Waals surface area contributed by atoms with Crippen LogP contribution in [0.25, 0.3) is 11.1 Å². The Bertz CT molecular complexity index is 888. The van der Waals surface area contributed by atoms with E-state index in [2.05, 4.69) is 24.3 Å². The Morgan fingerprint density at radius 2 is 1.59 bits per heavy atom. The molecular weight excluding hydrogens is 342 g/mol. The summed E-state index contributed by atoms with van der Waals surface area (Å²) in [5, 5.41) is 9.48. The second kappa shape index (κ2) is 5.84. The average molecular weight is 363 g/mol.